The van der Waals surface area contributed by atoms with Crippen molar-refractivity contribution >= 4 is 11.0 Å². The lowest BCUT2D eigenvalue weighted by atomic mass is 10.1. The van der Waals surface area contributed by atoms with Gasteiger partial charge in [-0.1, -0.05) is 0 Å². The third kappa shape index (κ3) is 2.83. The molecule has 0 amide bonds. The van der Waals surface area contributed by atoms with Crippen molar-refractivity contribution in [2.24, 2.45) is 0 Å². The van der Waals surface area contributed by atoms with Gasteiger partial charge in [0.15, 0.2) is 5.82 Å². The first-order valence-electron chi connectivity index (χ1n) is 8.03. The molecule has 2 heterocycles. The largest absolute Gasteiger partial charge is 0.497 e. The zero-order chi connectivity index (χ0) is 18.1. The van der Waals surface area contributed by atoms with Gasteiger partial charge in [0.1, 0.15) is 22.9 Å². The van der Waals surface area contributed by atoms with Crippen LogP contribution in [0.15, 0.2) is 42.5 Å². The highest BCUT2D eigenvalue weighted by atomic mass is 16.5. The van der Waals surface area contributed by atoms with Gasteiger partial charge >= 0.3 is 0 Å². The van der Waals surface area contributed by atoms with Crippen molar-refractivity contribution in [3.05, 3.63) is 42.5 Å². The molecule has 2 aromatic heterocycles. The van der Waals surface area contributed by atoms with Crippen LogP contribution in [0.1, 0.15) is 0 Å². The number of hydrogen-bond acceptors (Lipinski definition) is 5. The molecule has 7 heteroatoms. The third-order valence-corrected chi connectivity index (χ3v) is 4.17. The van der Waals surface area contributed by atoms with Crippen molar-refractivity contribution in [1.29, 1.82) is 0 Å². The molecule has 0 bridgehead atoms. The minimum atomic E-state index is 0.708. The number of benzene rings is 2. The molecule has 2 aromatic carbocycles. The average molecular weight is 350 g/mol. The van der Waals surface area contributed by atoms with Gasteiger partial charge in [-0.3, -0.25) is 5.10 Å². The summed E-state index contributed by atoms with van der Waals surface area (Å²) in [6.45, 7) is 0. The fourth-order valence-electron chi connectivity index (χ4n) is 2.79. The smallest absolute Gasteiger partial charge is 0.156 e. The average Bonchev–Trinajstić information content (AvgIpc) is 3.33. The number of methoxy groups -OCH3 is 3. The molecule has 4 rings (SSSR count). The summed E-state index contributed by atoms with van der Waals surface area (Å²) in [5, 5.41) is 7.43. The predicted octanol–water partition coefficient (Wildman–Crippen LogP) is 3.65. The van der Waals surface area contributed by atoms with Gasteiger partial charge in [0, 0.05) is 17.7 Å². The van der Waals surface area contributed by atoms with Gasteiger partial charge in [0.25, 0.3) is 0 Å². The zero-order valence-corrected chi connectivity index (χ0v) is 14.7. The highest BCUT2D eigenvalue weighted by molar-refractivity contribution is 5.80. The number of hydrogen-bond donors (Lipinski definition) is 2. The molecule has 0 unspecified atom stereocenters. The summed E-state index contributed by atoms with van der Waals surface area (Å²) in [7, 11) is 4.89. The van der Waals surface area contributed by atoms with Crippen LogP contribution in [0.2, 0.25) is 0 Å². The Hall–Kier alpha value is -3.48. The molecular weight excluding hydrogens is 332 g/mol. The maximum Gasteiger partial charge on any atom is 0.156 e. The van der Waals surface area contributed by atoms with E-state index in [-0.39, 0.29) is 0 Å². The monoisotopic (exact) mass is 350 g/mol. The summed E-state index contributed by atoms with van der Waals surface area (Å²) < 4.78 is 15.9. The molecule has 2 N–H and O–H groups in total. The van der Waals surface area contributed by atoms with Crippen molar-refractivity contribution in [3.8, 4) is 40.0 Å². The first-order chi connectivity index (χ1) is 12.7. The number of aromatic amines is 2. The minimum Gasteiger partial charge on any atom is -0.497 e. The highest BCUT2D eigenvalue weighted by Crippen LogP contribution is 2.31. The van der Waals surface area contributed by atoms with E-state index < -0.39 is 0 Å². The van der Waals surface area contributed by atoms with Crippen LogP contribution < -0.4 is 14.2 Å². The van der Waals surface area contributed by atoms with Gasteiger partial charge in [-0.15, -0.1) is 0 Å². The number of ether oxygens (including phenoxy) is 3. The second kappa shape index (κ2) is 6.44. The number of rotatable bonds is 5. The Bertz CT molecular complexity index is 1050. The zero-order valence-electron chi connectivity index (χ0n) is 14.7. The molecule has 0 saturated heterocycles. The van der Waals surface area contributed by atoms with Crippen molar-refractivity contribution in [3.63, 3.8) is 0 Å². The quantitative estimate of drug-likeness (QED) is 0.574. The van der Waals surface area contributed by atoms with Gasteiger partial charge in [0.2, 0.25) is 0 Å². The number of imidazole rings is 1. The van der Waals surface area contributed by atoms with E-state index in [1.54, 1.807) is 21.3 Å². The van der Waals surface area contributed by atoms with Crippen LogP contribution in [-0.2, 0) is 0 Å². The Morgan fingerprint density at radius 3 is 2.23 bits per heavy atom. The SMILES string of the molecule is COc1cc(OC)cc(-c2cc(-c3nc4ccc(OC)cc4[nH]3)[nH]n2)c1. The van der Waals surface area contributed by atoms with E-state index in [0.29, 0.717) is 17.3 Å². The van der Waals surface area contributed by atoms with Gasteiger partial charge < -0.3 is 19.2 Å². The topological polar surface area (TPSA) is 85.0 Å². The predicted molar refractivity (Wildman–Crippen MR) is 98.8 cm³/mol. The van der Waals surface area contributed by atoms with Gasteiger partial charge in [-0.2, -0.15) is 5.10 Å². The van der Waals surface area contributed by atoms with Crippen LogP contribution >= 0.6 is 0 Å². The van der Waals surface area contributed by atoms with E-state index in [4.69, 9.17) is 14.2 Å². The van der Waals surface area contributed by atoms with E-state index in [1.807, 2.05) is 42.5 Å². The second-order valence-corrected chi connectivity index (χ2v) is 5.74. The first-order valence-corrected chi connectivity index (χ1v) is 8.03. The highest BCUT2D eigenvalue weighted by Gasteiger charge is 2.12. The lowest BCUT2D eigenvalue weighted by molar-refractivity contribution is 0.394. The maximum atomic E-state index is 5.32. The molecule has 0 aliphatic rings. The van der Waals surface area contributed by atoms with Gasteiger partial charge in [0.05, 0.1) is 38.1 Å². The summed E-state index contributed by atoms with van der Waals surface area (Å²) in [4.78, 5) is 7.89. The van der Waals surface area contributed by atoms with Crippen LogP contribution in [0, 0.1) is 0 Å². The summed E-state index contributed by atoms with van der Waals surface area (Å²) in [5.41, 5.74) is 4.22. The molecule has 0 spiro atoms. The lowest BCUT2D eigenvalue weighted by Gasteiger charge is -2.06. The Labute approximate surface area is 149 Å². The minimum absolute atomic E-state index is 0.708. The molecule has 132 valence electrons. The molecule has 0 aliphatic carbocycles. The molecule has 26 heavy (non-hydrogen) atoms. The van der Waals surface area contributed by atoms with Crippen LogP contribution in [0.5, 0.6) is 17.2 Å². The number of nitrogens with one attached hydrogen (secondary N) is 2. The lowest BCUT2D eigenvalue weighted by Crippen LogP contribution is -1.88. The summed E-state index contributed by atoms with van der Waals surface area (Å²) >= 11 is 0. The summed E-state index contributed by atoms with van der Waals surface area (Å²) in [6.07, 6.45) is 0. The molecular formula is C19H18N4O3. The van der Waals surface area contributed by atoms with Crippen LogP contribution in [0.25, 0.3) is 33.8 Å². The normalized spacial score (nSPS) is 10.9. The Morgan fingerprint density at radius 2 is 1.54 bits per heavy atom. The van der Waals surface area contributed by atoms with Crippen molar-refractivity contribution in [2.45, 2.75) is 0 Å². The van der Waals surface area contributed by atoms with Crippen molar-refractivity contribution < 1.29 is 14.2 Å². The molecule has 0 radical (unpaired) electrons. The fraction of sp³-hybridized carbons (Fsp3) is 0.158. The van der Waals surface area contributed by atoms with E-state index in [2.05, 4.69) is 20.2 Å². The molecule has 0 aliphatic heterocycles. The Morgan fingerprint density at radius 1 is 0.808 bits per heavy atom. The summed E-state index contributed by atoms with van der Waals surface area (Å²) in [6, 6.07) is 13.3. The number of aromatic nitrogens is 4. The second-order valence-electron chi connectivity index (χ2n) is 5.74. The molecule has 0 fully saturated rings. The van der Waals surface area contributed by atoms with Gasteiger partial charge in [-0.25, -0.2) is 4.98 Å². The van der Waals surface area contributed by atoms with Gasteiger partial charge in [-0.05, 0) is 30.3 Å². The number of H-pyrrole nitrogens is 2. The van der Waals surface area contributed by atoms with E-state index in [0.717, 1.165) is 33.7 Å². The Balaban J connectivity index is 1.72. The van der Waals surface area contributed by atoms with Crippen LogP contribution in [0.3, 0.4) is 0 Å². The molecule has 4 aromatic rings. The molecule has 0 atom stereocenters. The van der Waals surface area contributed by atoms with Crippen LogP contribution in [0.4, 0.5) is 0 Å². The van der Waals surface area contributed by atoms with E-state index in [9.17, 15) is 0 Å². The number of fused-ring (bicyclic) bond motifs is 1. The van der Waals surface area contributed by atoms with Crippen LogP contribution in [-0.4, -0.2) is 41.5 Å². The Kier molecular flexibility index (Phi) is 3.96. The summed E-state index contributed by atoms with van der Waals surface area (Å²) in [5.74, 6) is 2.91. The maximum absolute atomic E-state index is 5.32. The van der Waals surface area contributed by atoms with E-state index in [1.165, 1.54) is 0 Å². The van der Waals surface area contributed by atoms with Crippen molar-refractivity contribution in [1.82, 2.24) is 20.2 Å². The standard InChI is InChI=1S/C19H18N4O3/c1-24-12-4-5-15-17(9-12)21-19(20-15)18-10-16(22-23-18)11-6-13(25-2)8-14(7-11)26-3/h4-10H,1-3H3,(H,20,21)(H,22,23). The van der Waals surface area contributed by atoms with Crippen molar-refractivity contribution in [2.75, 3.05) is 21.3 Å². The fourth-order valence-corrected chi connectivity index (χ4v) is 2.79. The first kappa shape index (κ1) is 16.0. The third-order valence-electron chi connectivity index (χ3n) is 4.17. The molecule has 7 nitrogen and oxygen atoms in total. The molecule has 0 saturated carbocycles. The number of nitrogens with zero attached hydrogens (tertiary/aromatic N) is 2. The van der Waals surface area contributed by atoms with E-state index >= 15 is 0 Å².